The van der Waals surface area contributed by atoms with Gasteiger partial charge < -0.3 is 15.4 Å². The van der Waals surface area contributed by atoms with E-state index in [0.29, 0.717) is 18.3 Å². The van der Waals surface area contributed by atoms with E-state index < -0.39 is 0 Å². The molecule has 0 amide bonds. The van der Waals surface area contributed by atoms with Crippen molar-refractivity contribution in [1.82, 2.24) is 10.3 Å². The molecule has 4 nitrogen and oxygen atoms in total. The van der Waals surface area contributed by atoms with E-state index in [2.05, 4.69) is 15.6 Å². The summed E-state index contributed by atoms with van der Waals surface area (Å²) in [6, 6.07) is 11.7. The van der Waals surface area contributed by atoms with Crippen LogP contribution >= 0.6 is 12.2 Å². The van der Waals surface area contributed by atoms with Crippen LogP contribution in [-0.2, 0) is 6.54 Å². The summed E-state index contributed by atoms with van der Waals surface area (Å²) in [5.74, 6) is 0.884. The minimum absolute atomic E-state index is 0.572. The van der Waals surface area contributed by atoms with Crippen molar-refractivity contribution < 1.29 is 4.74 Å². The van der Waals surface area contributed by atoms with Crippen LogP contribution in [0.5, 0.6) is 5.75 Å². The van der Waals surface area contributed by atoms with Crippen molar-refractivity contribution in [2.45, 2.75) is 13.5 Å². The van der Waals surface area contributed by atoms with Gasteiger partial charge in [0.1, 0.15) is 5.75 Å². The number of para-hydroxylation sites is 1. The SMILES string of the molecule is CCOc1ccccc1CNC(=S)Nc1ccncc1. The van der Waals surface area contributed by atoms with Crippen LogP contribution in [0.1, 0.15) is 12.5 Å². The predicted molar refractivity (Wildman–Crippen MR) is 84.9 cm³/mol. The zero-order valence-electron chi connectivity index (χ0n) is 11.3. The van der Waals surface area contributed by atoms with Crippen LogP contribution < -0.4 is 15.4 Å². The van der Waals surface area contributed by atoms with Crippen molar-refractivity contribution in [3.05, 3.63) is 54.4 Å². The van der Waals surface area contributed by atoms with Crippen molar-refractivity contribution in [1.29, 1.82) is 0 Å². The van der Waals surface area contributed by atoms with Crippen LogP contribution in [-0.4, -0.2) is 16.7 Å². The van der Waals surface area contributed by atoms with Gasteiger partial charge in [-0.05, 0) is 37.3 Å². The standard InChI is InChI=1S/C15H17N3OS/c1-2-19-14-6-4-3-5-12(14)11-17-15(20)18-13-7-9-16-10-8-13/h3-10H,2,11H2,1H3,(H2,16,17,18,20). The fraction of sp³-hybridized carbons (Fsp3) is 0.200. The van der Waals surface area contributed by atoms with Crippen LogP contribution in [0.4, 0.5) is 5.69 Å². The molecule has 1 heterocycles. The molecule has 20 heavy (non-hydrogen) atoms. The van der Waals surface area contributed by atoms with Gasteiger partial charge in [-0.2, -0.15) is 0 Å². The predicted octanol–water partition coefficient (Wildman–Crippen LogP) is 2.97. The van der Waals surface area contributed by atoms with Crippen LogP contribution in [0.15, 0.2) is 48.8 Å². The molecule has 0 atom stereocenters. The first-order chi connectivity index (χ1) is 9.79. The number of benzene rings is 1. The van der Waals surface area contributed by atoms with Gasteiger partial charge in [0.15, 0.2) is 5.11 Å². The topological polar surface area (TPSA) is 46.2 Å². The summed E-state index contributed by atoms with van der Waals surface area (Å²) in [5, 5.41) is 6.84. The summed E-state index contributed by atoms with van der Waals surface area (Å²) in [5.41, 5.74) is 1.99. The lowest BCUT2D eigenvalue weighted by Crippen LogP contribution is -2.28. The van der Waals surface area contributed by atoms with Gasteiger partial charge in [-0.3, -0.25) is 4.98 Å². The van der Waals surface area contributed by atoms with Gasteiger partial charge in [-0.15, -0.1) is 0 Å². The molecule has 0 fully saturated rings. The van der Waals surface area contributed by atoms with E-state index in [1.54, 1.807) is 12.4 Å². The molecule has 104 valence electrons. The molecule has 0 radical (unpaired) electrons. The molecule has 0 saturated carbocycles. The van der Waals surface area contributed by atoms with Crippen molar-refractivity contribution in [2.75, 3.05) is 11.9 Å². The van der Waals surface area contributed by atoms with E-state index in [-0.39, 0.29) is 0 Å². The van der Waals surface area contributed by atoms with Gasteiger partial charge in [-0.25, -0.2) is 0 Å². The zero-order chi connectivity index (χ0) is 14.2. The maximum absolute atomic E-state index is 5.58. The second-order valence-corrected chi connectivity index (χ2v) is 4.49. The number of thiocarbonyl (C=S) groups is 1. The third-order valence-electron chi connectivity index (χ3n) is 2.65. The average molecular weight is 287 g/mol. The Balaban J connectivity index is 1.90. The Bertz CT molecular complexity index is 560. The van der Waals surface area contributed by atoms with Gasteiger partial charge in [0.2, 0.25) is 0 Å². The Labute approximate surface area is 124 Å². The largest absolute Gasteiger partial charge is 0.494 e. The molecule has 1 aromatic carbocycles. The molecule has 2 aromatic rings. The Morgan fingerprint density at radius 1 is 1.20 bits per heavy atom. The fourth-order valence-corrected chi connectivity index (χ4v) is 1.92. The summed E-state index contributed by atoms with van der Waals surface area (Å²) in [6.45, 7) is 3.24. The summed E-state index contributed by atoms with van der Waals surface area (Å²) < 4.78 is 5.58. The lowest BCUT2D eigenvalue weighted by atomic mass is 10.2. The first-order valence-corrected chi connectivity index (χ1v) is 6.86. The molecule has 2 rings (SSSR count). The van der Waals surface area contributed by atoms with Gasteiger partial charge in [0.25, 0.3) is 0 Å². The Kier molecular flexibility index (Phi) is 5.32. The van der Waals surface area contributed by atoms with Crippen LogP contribution in [0.25, 0.3) is 0 Å². The summed E-state index contributed by atoms with van der Waals surface area (Å²) in [7, 11) is 0. The number of pyridine rings is 1. The van der Waals surface area contributed by atoms with Crippen LogP contribution in [0.3, 0.4) is 0 Å². The maximum Gasteiger partial charge on any atom is 0.171 e. The normalized spacial score (nSPS) is 9.85. The first kappa shape index (κ1) is 14.3. The molecule has 0 unspecified atom stereocenters. The number of hydrogen-bond acceptors (Lipinski definition) is 3. The molecule has 0 aliphatic carbocycles. The number of ether oxygens (including phenoxy) is 1. The number of rotatable bonds is 5. The van der Waals surface area contributed by atoms with E-state index in [0.717, 1.165) is 17.0 Å². The summed E-state index contributed by atoms with van der Waals surface area (Å²) in [6.07, 6.45) is 3.44. The Hall–Kier alpha value is -2.14. The second kappa shape index (κ2) is 7.45. The third-order valence-corrected chi connectivity index (χ3v) is 2.90. The molecular formula is C15H17N3OS. The number of anilines is 1. The van der Waals surface area contributed by atoms with E-state index in [1.807, 2.05) is 43.3 Å². The monoisotopic (exact) mass is 287 g/mol. The van der Waals surface area contributed by atoms with E-state index in [9.17, 15) is 0 Å². The van der Waals surface area contributed by atoms with Crippen molar-refractivity contribution in [2.24, 2.45) is 0 Å². The first-order valence-electron chi connectivity index (χ1n) is 6.45. The molecule has 0 saturated heterocycles. The highest BCUT2D eigenvalue weighted by molar-refractivity contribution is 7.80. The molecule has 0 spiro atoms. The Morgan fingerprint density at radius 3 is 2.70 bits per heavy atom. The third kappa shape index (κ3) is 4.20. The molecule has 0 aliphatic rings. The number of nitrogens with zero attached hydrogens (tertiary/aromatic N) is 1. The molecule has 1 aromatic heterocycles. The number of nitrogens with one attached hydrogen (secondary N) is 2. The minimum atomic E-state index is 0.572. The fourth-order valence-electron chi connectivity index (χ4n) is 1.73. The van der Waals surface area contributed by atoms with E-state index >= 15 is 0 Å². The zero-order valence-corrected chi connectivity index (χ0v) is 12.1. The van der Waals surface area contributed by atoms with Gasteiger partial charge in [0, 0.05) is 30.2 Å². The lowest BCUT2D eigenvalue weighted by Gasteiger charge is -2.13. The average Bonchev–Trinajstić information content (AvgIpc) is 2.48. The highest BCUT2D eigenvalue weighted by Crippen LogP contribution is 2.17. The van der Waals surface area contributed by atoms with Crippen molar-refractivity contribution in [3.63, 3.8) is 0 Å². The number of hydrogen-bond donors (Lipinski definition) is 2. The molecule has 0 aliphatic heterocycles. The molecule has 2 N–H and O–H groups in total. The quantitative estimate of drug-likeness (QED) is 0.828. The van der Waals surface area contributed by atoms with Crippen LogP contribution in [0.2, 0.25) is 0 Å². The Morgan fingerprint density at radius 2 is 1.95 bits per heavy atom. The van der Waals surface area contributed by atoms with Crippen molar-refractivity contribution >= 4 is 23.0 Å². The molecular weight excluding hydrogens is 270 g/mol. The highest BCUT2D eigenvalue weighted by atomic mass is 32.1. The van der Waals surface area contributed by atoms with Gasteiger partial charge >= 0.3 is 0 Å². The summed E-state index contributed by atoms with van der Waals surface area (Å²) in [4.78, 5) is 3.96. The minimum Gasteiger partial charge on any atom is -0.494 e. The van der Waals surface area contributed by atoms with E-state index in [4.69, 9.17) is 17.0 Å². The molecule has 0 bridgehead atoms. The van der Waals surface area contributed by atoms with Crippen molar-refractivity contribution in [3.8, 4) is 5.75 Å². The number of aromatic nitrogens is 1. The smallest absolute Gasteiger partial charge is 0.171 e. The van der Waals surface area contributed by atoms with Gasteiger partial charge in [0.05, 0.1) is 6.61 Å². The highest BCUT2D eigenvalue weighted by Gasteiger charge is 2.03. The lowest BCUT2D eigenvalue weighted by molar-refractivity contribution is 0.336. The van der Waals surface area contributed by atoms with Crippen LogP contribution in [0, 0.1) is 0 Å². The van der Waals surface area contributed by atoms with E-state index in [1.165, 1.54) is 0 Å². The second-order valence-electron chi connectivity index (χ2n) is 4.08. The maximum atomic E-state index is 5.58. The summed E-state index contributed by atoms with van der Waals surface area (Å²) >= 11 is 5.26. The molecule has 5 heteroatoms. The van der Waals surface area contributed by atoms with Gasteiger partial charge in [-0.1, -0.05) is 18.2 Å².